The lowest BCUT2D eigenvalue weighted by atomic mass is 10.1. The molecule has 24 heavy (non-hydrogen) atoms. The van der Waals surface area contributed by atoms with Crippen LogP contribution in [0.2, 0.25) is 0 Å². The van der Waals surface area contributed by atoms with Gasteiger partial charge in [0.2, 0.25) is 5.91 Å². The van der Waals surface area contributed by atoms with Crippen LogP contribution in [0.1, 0.15) is 11.1 Å². The summed E-state index contributed by atoms with van der Waals surface area (Å²) in [6.45, 7) is 4.09. The van der Waals surface area contributed by atoms with Crippen molar-refractivity contribution in [3.05, 3.63) is 74.5 Å². The largest absolute Gasteiger partial charge is 0.338 e. The number of aromatic nitrogens is 1. The van der Waals surface area contributed by atoms with E-state index >= 15 is 0 Å². The van der Waals surface area contributed by atoms with Crippen LogP contribution in [0.4, 0.5) is 5.69 Å². The van der Waals surface area contributed by atoms with Gasteiger partial charge in [0.1, 0.15) is 6.54 Å². The number of carbonyl (C=O) groups excluding carboxylic acids is 1. The van der Waals surface area contributed by atoms with Gasteiger partial charge in [0.05, 0.1) is 5.52 Å². The van der Waals surface area contributed by atoms with Crippen molar-refractivity contribution in [2.24, 2.45) is 0 Å². The highest BCUT2D eigenvalue weighted by Crippen LogP contribution is 2.19. The van der Waals surface area contributed by atoms with E-state index in [1.165, 1.54) is 6.07 Å². The number of nitrogens with zero attached hydrogens (tertiary/aromatic N) is 1. The Hall–Kier alpha value is -2.40. The number of hydrogen-bond acceptors (Lipinski definition) is 2. The molecule has 0 aliphatic carbocycles. The van der Waals surface area contributed by atoms with Crippen LogP contribution >= 0.6 is 15.9 Å². The third-order valence-corrected chi connectivity index (χ3v) is 4.41. The van der Waals surface area contributed by atoms with Crippen molar-refractivity contribution in [2.75, 3.05) is 5.32 Å². The fourth-order valence-electron chi connectivity index (χ4n) is 2.63. The summed E-state index contributed by atoms with van der Waals surface area (Å²) in [6.07, 6.45) is 1.65. The summed E-state index contributed by atoms with van der Waals surface area (Å²) in [4.78, 5) is 24.4. The standard InChI is InChI=1S/C19H17BrN2O2/c1-12-3-4-13(2)16(9-12)21-19(24)11-22-8-7-18(23)15-6-5-14(20)10-17(15)22/h3-10H,11H2,1-2H3,(H,21,24). The molecule has 3 aromatic rings. The molecule has 0 saturated heterocycles. The number of pyridine rings is 1. The van der Waals surface area contributed by atoms with Crippen LogP contribution in [0.25, 0.3) is 10.9 Å². The number of aryl methyl sites for hydroxylation is 2. The van der Waals surface area contributed by atoms with Crippen molar-refractivity contribution in [1.82, 2.24) is 4.57 Å². The molecule has 0 fully saturated rings. The Kier molecular flexibility index (Phi) is 4.53. The summed E-state index contributed by atoms with van der Waals surface area (Å²) >= 11 is 3.41. The minimum atomic E-state index is -0.131. The molecule has 1 amide bonds. The average Bonchev–Trinajstić information content (AvgIpc) is 2.53. The highest BCUT2D eigenvalue weighted by Gasteiger charge is 2.09. The molecule has 1 N–H and O–H groups in total. The maximum Gasteiger partial charge on any atom is 0.244 e. The predicted molar refractivity (Wildman–Crippen MR) is 100 cm³/mol. The van der Waals surface area contributed by atoms with E-state index in [1.807, 2.05) is 44.2 Å². The first-order valence-corrected chi connectivity index (χ1v) is 8.39. The van der Waals surface area contributed by atoms with Crippen molar-refractivity contribution in [1.29, 1.82) is 0 Å². The summed E-state index contributed by atoms with van der Waals surface area (Å²) in [7, 11) is 0. The second-order valence-electron chi connectivity index (χ2n) is 5.84. The van der Waals surface area contributed by atoms with Gasteiger partial charge < -0.3 is 9.88 Å². The van der Waals surface area contributed by atoms with Gasteiger partial charge in [0.25, 0.3) is 0 Å². The van der Waals surface area contributed by atoms with Gasteiger partial charge in [-0.15, -0.1) is 0 Å². The van der Waals surface area contributed by atoms with E-state index in [0.29, 0.717) is 5.39 Å². The quantitative estimate of drug-likeness (QED) is 0.741. The van der Waals surface area contributed by atoms with Gasteiger partial charge in [-0.1, -0.05) is 28.1 Å². The van der Waals surface area contributed by atoms with Crippen molar-refractivity contribution < 1.29 is 4.79 Å². The van der Waals surface area contributed by atoms with Crippen LogP contribution in [0, 0.1) is 13.8 Å². The van der Waals surface area contributed by atoms with Gasteiger partial charge in [-0.2, -0.15) is 0 Å². The Morgan fingerprint density at radius 1 is 1.12 bits per heavy atom. The maximum atomic E-state index is 12.4. The summed E-state index contributed by atoms with van der Waals surface area (Å²) in [5.41, 5.74) is 3.60. The lowest BCUT2D eigenvalue weighted by Crippen LogP contribution is -2.20. The second-order valence-corrected chi connectivity index (χ2v) is 6.75. The molecule has 0 bridgehead atoms. The first-order valence-electron chi connectivity index (χ1n) is 7.60. The number of anilines is 1. The molecule has 3 rings (SSSR count). The molecule has 0 radical (unpaired) electrons. The van der Waals surface area contributed by atoms with Crippen LogP contribution < -0.4 is 10.7 Å². The lowest BCUT2D eigenvalue weighted by Gasteiger charge is -2.13. The SMILES string of the molecule is Cc1ccc(C)c(NC(=O)Cn2ccc(=O)c3ccc(Br)cc32)c1. The van der Waals surface area contributed by atoms with E-state index < -0.39 is 0 Å². The summed E-state index contributed by atoms with van der Waals surface area (Å²) in [6, 6.07) is 12.9. The molecule has 0 unspecified atom stereocenters. The minimum absolute atomic E-state index is 0.0521. The van der Waals surface area contributed by atoms with Gasteiger partial charge in [-0.3, -0.25) is 9.59 Å². The summed E-state index contributed by atoms with van der Waals surface area (Å²) in [5.74, 6) is -0.131. The number of carbonyl (C=O) groups is 1. The van der Waals surface area contributed by atoms with E-state index in [9.17, 15) is 9.59 Å². The minimum Gasteiger partial charge on any atom is -0.338 e. The van der Waals surface area contributed by atoms with Crippen LogP contribution in [0.3, 0.4) is 0 Å². The van der Waals surface area contributed by atoms with Crippen molar-refractivity contribution in [3.8, 4) is 0 Å². The smallest absolute Gasteiger partial charge is 0.244 e. The average molecular weight is 385 g/mol. The molecule has 0 saturated carbocycles. The predicted octanol–water partition coefficient (Wildman–Crippen LogP) is 4.02. The number of rotatable bonds is 3. The van der Waals surface area contributed by atoms with Gasteiger partial charge in [0, 0.05) is 27.8 Å². The fourth-order valence-corrected chi connectivity index (χ4v) is 2.98. The third kappa shape index (κ3) is 3.41. The topological polar surface area (TPSA) is 51.1 Å². The Bertz CT molecular complexity index is 992. The van der Waals surface area contributed by atoms with Gasteiger partial charge in [0.15, 0.2) is 5.43 Å². The van der Waals surface area contributed by atoms with Crippen molar-refractivity contribution in [2.45, 2.75) is 20.4 Å². The summed E-state index contributed by atoms with van der Waals surface area (Å²) in [5, 5.41) is 3.54. The van der Waals surface area contributed by atoms with Crippen LogP contribution in [0.5, 0.6) is 0 Å². The number of nitrogens with one attached hydrogen (secondary N) is 1. The monoisotopic (exact) mass is 384 g/mol. The number of amides is 1. The Labute approximate surface area is 148 Å². The zero-order chi connectivity index (χ0) is 17.3. The molecular formula is C19H17BrN2O2. The molecular weight excluding hydrogens is 368 g/mol. The number of halogens is 1. The highest BCUT2D eigenvalue weighted by atomic mass is 79.9. The van der Waals surface area contributed by atoms with Gasteiger partial charge >= 0.3 is 0 Å². The molecule has 0 aliphatic heterocycles. The van der Waals surface area contributed by atoms with E-state index in [1.54, 1.807) is 16.8 Å². The molecule has 5 heteroatoms. The molecule has 0 aliphatic rings. The van der Waals surface area contributed by atoms with Gasteiger partial charge in [-0.25, -0.2) is 0 Å². The Morgan fingerprint density at radius 2 is 1.92 bits per heavy atom. The van der Waals surface area contributed by atoms with E-state index in [2.05, 4.69) is 21.2 Å². The maximum absolute atomic E-state index is 12.4. The first kappa shape index (κ1) is 16.5. The van der Waals surface area contributed by atoms with E-state index in [-0.39, 0.29) is 17.9 Å². The molecule has 1 heterocycles. The fraction of sp³-hybridized carbons (Fsp3) is 0.158. The first-order chi connectivity index (χ1) is 11.4. The van der Waals surface area contributed by atoms with Crippen molar-refractivity contribution in [3.63, 3.8) is 0 Å². The number of benzene rings is 2. The van der Waals surface area contributed by atoms with Crippen LogP contribution in [-0.2, 0) is 11.3 Å². The third-order valence-electron chi connectivity index (χ3n) is 3.92. The zero-order valence-corrected chi connectivity index (χ0v) is 15.1. The lowest BCUT2D eigenvalue weighted by molar-refractivity contribution is -0.116. The molecule has 0 atom stereocenters. The van der Waals surface area contributed by atoms with Crippen LogP contribution in [-0.4, -0.2) is 10.5 Å². The second kappa shape index (κ2) is 6.61. The molecule has 1 aromatic heterocycles. The number of fused-ring (bicyclic) bond motifs is 1. The number of hydrogen-bond donors (Lipinski definition) is 1. The van der Waals surface area contributed by atoms with E-state index in [0.717, 1.165) is 26.8 Å². The molecule has 2 aromatic carbocycles. The summed E-state index contributed by atoms with van der Waals surface area (Å²) < 4.78 is 2.64. The molecule has 0 spiro atoms. The van der Waals surface area contributed by atoms with Gasteiger partial charge in [-0.05, 0) is 49.2 Å². The van der Waals surface area contributed by atoms with Crippen molar-refractivity contribution >= 4 is 38.4 Å². The van der Waals surface area contributed by atoms with Crippen LogP contribution in [0.15, 0.2) is 57.9 Å². The Morgan fingerprint density at radius 3 is 2.71 bits per heavy atom. The highest BCUT2D eigenvalue weighted by molar-refractivity contribution is 9.10. The molecule has 122 valence electrons. The Balaban J connectivity index is 1.91. The van der Waals surface area contributed by atoms with E-state index in [4.69, 9.17) is 0 Å². The normalized spacial score (nSPS) is 10.8. The zero-order valence-electron chi connectivity index (χ0n) is 13.5. The molecule has 4 nitrogen and oxygen atoms in total.